The van der Waals surface area contributed by atoms with Crippen molar-refractivity contribution >= 4 is 34.8 Å². The normalized spacial score (nSPS) is 12.4. The van der Waals surface area contributed by atoms with Crippen molar-refractivity contribution in [3.63, 3.8) is 0 Å². The fourth-order valence-electron chi connectivity index (χ4n) is 1.97. The van der Waals surface area contributed by atoms with Crippen molar-refractivity contribution in [2.24, 2.45) is 0 Å². The second-order valence-corrected chi connectivity index (χ2v) is 5.63. The van der Waals surface area contributed by atoms with Crippen molar-refractivity contribution in [2.75, 3.05) is 6.61 Å². The zero-order chi connectivity index (χ0) is 13.8. The van der Waals surface area contributed by atoms with E-state index in [1.165, 1.54) is 0 Å². The molecule has 2 aromatic carbocycles. The third-order valence-corrected chi connectivity index (χ3v) is 4.02. The molecule has 1 N–H and O–H groups in total. The van der Waals surface area contributed by atoms with E-state index in [9.17, 15) is 5.11 Å². The maximum atomic E-state index is 9.54. The van der Waals surface area contributed by atoms with Crippen LogP contribution in [0.25, 0.3) is 0 Å². The number of hydrogen-bond donors (Lipinski definition) is 1. The van der Waals surface area contributed by atoms with Crippen LogP contribution in [0.3, 0.4) is 0 Å². The predicted molar refractivity (Wildman–Crippen MR) is 81.4 cm³/mol. The van der Waals surface area contributed by atoms with Crippen molar-refractivity contribution in [2.45, 2.75) is 12.3 Å². The van der Waals surface area contributed by atoms with E-state index >= 15 is 0 Å². The van der Waals surface area contributed by atoms with Crippen LogP contribution in [-0.4, -0.2) is 11.7 Å². The van der Waals surface area contributed by atoms with Crippen LogP contribution in [0.5, 0.6) is 0 Å². The second-order valence-electron chi connectivity index (χ2n) is 4.38. The molecule has 100 valence electrons. The summed E-state index contributed by atoms with van der Waals surface area (Å²) in [5, 5.41) is 11.3. The van der Waals surface area contributed by atoms with Crippen LogP contribution in [0.4, 0.5) is 0 Å². The molecule has 0 aliphatic rings. The van der Waals surface area contributed by atoms with E-state index in [1.807, 2.05) is 36.4 Å². The number of aliphatic hydroxyl groups excluding tert-OH is 1. The zero-order valence-corrected chi connectivity index (χ0v) is 12.4. The van der Waals surface area contributed by atoms with Crippen molar-refractivity contribution in [3.05, 3.63) is 68.7 Å². The summed E-state index contributed by atoms with van der Waals surface area (Å²) in [5.74, 6) is 0.0227. The first-order valence-electron chi connectivity index (χ1n) is 5.90. The minimum absolute atomic E-state index is 0.0227. The van der Waals surface area contributed by atoms with Gasteiger partial charge in [-0.15, -0.1) is 0 Å². The lowest BCUT2D eigenvalue weighted by atomic mass is 9.93. The van der Waals surface area contributed by atoms with Crippen LogP contribution in [0.2, 0.25) is 15.1 Å². The van der Waals surface area contributed by atoms with Gasteiger partial charge in [0.05, 0.1) is 16.7 Å². The van der Waals surface area contributed by atoms with E-state index in [2.05, 4.69) is 0 Å². The third kappa shape index (κ3) is 3.87. The van der Waals surface area contributed by atoms with Gasteiger partial charge in [0.15, 0.2) is 0 Å². The molecule has 19 heavy (non-hydrogen) atoms. The van der Waals surface area contributed by atoms with Crippen molar-refractivity contribution in [1.82, 2.24) is 0 Å². The predicted octanol–water partition coefficient (Wildman–Crippen LogP) is 4.97. The van der Waals surface area contributed by atoms with Crippen LogP contribution < -0.4 is 0 Å². The van der Waals surface area contributed by atoms with Gasteiger partial charge in [-0.3, -0.25) is 0 Å². The van der Waals surface area contributed by atoms with E-state index in [0.717, 1.165) is 11.1 Å². The topological polar surface area (TPSA) is 20.2 Å². The molecule has 4 heteroatoms. The Morgan fingerprint density at radius 3 is 2.16 bits per heavy atom. The molecule has 2 rings (SSSR count). The number of aliphatic hydroxyl groups is 1. The van der Waals surface area contributed by atoms with E-state index in [1.54, 1.807) is 6.07 Å². The van der Waals surface area contributed by atoms with Crippen LogP contribution in [-0.2, 0) is 6.42 Å². The molecule has 0 spiro atoms. The zero-order valence-electron chi connectivity index (χ0n) is 10.1. The van der Waals surface area contributed by atoms with Gasteiger partial charge in [-0.25, -0.2) is 0 Å². The molecule has 0 radical (unpaired) electrons. The number of hydrogen-bond acceptors (Lipinski definition) is 1. The van der Waals surface area contributed by atoms with Gasteiger partial charge in [-0.2, -0.15) is 0 Å². The molecule has 0 fully saturated rings. The van der Waals surface area contributed by atoms with E-state index in [-0.39, 0.29) is 12.5 Å². The summed E-state index contributed by atoms with van der Waals surface area (Å²) in [7, 11) is 0. The molecule has 0 heterocycles. The highest BCUT2D eigenvalue weighted by Crippen LogP contribution is 2.27. The Bertz CT molecular complexity index is 552. The van der Waals surface area contributed by atoms with Gasteiger partial charge in [0.1, 0.15) is 0 Å². The summed E-state index contributed by atoms with van der Waals surface area (Å²) >= 11 is 17.7. The molecule has 1 nitrogen and oxygen atoms in total. The Balaban J connectivity index is 2.18. The Morgan fingerprint density at radius 1 is 0.895 bits per heavy atom. The van der Waals surface area contributed by atoms with Crippen LogP contribution in [0.1, 0.15) is 17.0 Å². The highest BCUT2D eigenvalue weighted by molar-refractivity contribution is 6.42. The SMILES string of the molecule is OCC(Cc1ccc(Cl)c(Cl)c1)c1ccc(Cl)cc1. The van der Waals surface area contributed by atoms with Crippen molar-refractivity contribution in [1.29, 1.82) is 0 Å². The van der Waals surface area contributed by atoms with E-state index in [0.29, 0.717) is 21.5 Å². The largest absolute Gasteiger partial charge is 0.396 e. The van der Waals surface area contributed by atoms with Gasteiger partial charge in [0.25, 0.3) is 0 Å². The van der Waals surface area contributed by atoms with Gasteiger partial charge in [0, 0.05) is 10.9 Å². The quantitative estimate of drug-likeness (QED) is 0.845. The molecule has 1 atom stereocenters. The summed E-state index contributed by atoms with van der Waals surface area (Å²) in [5.41, 5.74) is 2.10. The van der Waals surface area contributed by atoms with Crippen LogP contribution >= 0.6 is 34.8 Å². The lowest BCUT2D eigenvalue weighted by molar-refractivity contribution is 0.264. The molecule has 2 aromatic rings. The number of halogens is 3. The summed E-state index contributed by atoms with van der Waals surface area (Å²) in [6.07, 6.45) is 0.703. The Hall–Kier alpha value is -0.730. The maximum absolute atomic E-state index is 9.54. The molecule has 0 saturated carbocycles. The first-order valence-corrected chi connectivity index (χ1v) is 7.04. The highest BCUT2D eigenvalue weighted by atomic mass is 35.5. The monoisotopic (exact) mass is 314 g/mol. The maximum Gasteiger partial charge on any atom is 0.0595 e. The standard InChI is InChI=1S/C15H13Cl3O/c16-13-4-2-11(3-5-13)12(9-19)7-10-1-6-14(17)15(18)8-10/h1-6,8,12,19H,7,9H2. The van der Waals surface area contributed by atoms with Crippen molar-refractivity contribution < 1.29 is 5.11 Å². The van der Waals surface area contributed by atoms with Crippen LogP contribution in [0, 0.1) is 0 Å². The Labute approximate surface area is 127 Å². The molecular formula is C15H13Cl3O. The van der Waals surface area contributed by atoms with Gasteiger partial charge in [-0.1, -0.05) is 53.0 Å². The fraction of sp³-hybridized carbons (Fsp3) is 0.200. The molecule has 0 bridgehead atoms. The minimum Gasteiger partial charge on any atom is -0.396 e. The molecular weight excluding hydrogens is 303 g/mol. The van der Waals surface area contributed by atoms with E-state index < -0.39 is 0 Å². The molecule has 0 aliphatic carbocycles. The lowest BCUT2D eigenvalue weighted by Crippen LogP contribution is -2.07. The fourth-order valence-corrected chi connectivity index (χ4v) is 2.42. The molecule has 0 amide bonds. The summed E-state index contributed by atoms with van der Waals surface area (Å²) in [4.78, 5) is 0. The number of rotatable bonds is 4. The third-order valence-electron chi connectivity index (χ3n) is 3.03. The molecule has 0 saturated heterocycles. The van der Waals surface area contributed by atoms with Crippen molar-refractivity contribution in [3.8, 4) is 0 Å². The first-order chi connectivity index (χ1) is 9.10. The summed E-state index contributed by atoms with van der Waals surface area (Å²) in [6.45, 7) is 0.0713. The Kier molecular flexibility index (Phi) is 5.12. The van der Waals surface area contributed by atoms with Gasteiger partial charge < -0.3 is 5.11 Å². The first kappa shape index (κ1) is 14.7. The van der Waals surface area contributed by atoms with Gasteiger partial charge in [0.2, 0.25) is 0 Å². The average Bonchev–Trinajstić information content (AvgIpc) is 2.41. The van der Waals surface area contributed by atoms with Crippen LogP contribution in [0.15, 0.2) is 42.5 Å². The van der Waals surface area contributed by atoms with Gasteiger partial charge >= 0.3 is 0 Å². The summed E-state index contributed by atoms with van der Waals surface area (Å²) < 4.78 is 0. The molecule has 1 unspecified atom stereocenters. The molecule has 0 aliphatic heterocycles. The Morgan fingerprint density at radius 2 is 1.58 bits per heavy atom. The second kappa shape index (κ2) is 6.62. The highest BCUT2D eigenvalue weighted by Gasteiger charge is 2.12. The van der Waals surface area contributed by atoms with E-state index in [4.69, 9.17) is 34.8 Å². The van der Waals surface area contributed by atoms with Gasteiger partial charge in [-0.05, 0) is 41.8 Å². The minimum atomic E-state index is 0.0227. The molecule has 0 aromatic heterocycles. The number of benzene rings is 2. The smallest absolute Gasteiger partial charge is 0.0595 e. The summed E-state index contributed by atoms with van der Waals surface area (Å²) in [6, 6.07) is 13.1. The lowest BCUT2D eigenvalue weighted by Gasteiger charge is -2.15. The average molecular weight is 316 g/mol.